The molecule has 0 aliphatic carbocycles. The van der Waals surface area contributed by atoms with Gasteiger partial charge in [0.15, 0.2) is 0 Å². The van der Waals surface area contributed by atoms with Crippen LogP contribution in [-0.2, 0) is 6.54 Å². The molecule has 0 amide bonds. The Morgan fingerprint density at radius 1 is 1.65 bits per heavy atom. The predicted octanol–water partition coefficient (Wildman–Crippen LogP) is 3.15. The van der Waals surface area contributed by atoms with E-state index in [1.165, 1.54) is 10.9 Å². The molecule has 2 rings (SSSR count). The van der Waals surface area contributed by atoms with Gasteiger partial charge in [0, 0.05) is 4.88 Å². The topological polar surface area (TPSA) is 46.9 Å². The highest BCUT2D eigenvalue weighted by molar-refractivity contribution is 7.10. The zero-order chi connectivity index (χ0) is 14.5. The van der Waals surface area contributed by atoms with Crippen molar-refractivity contribution in [1.29, 1.82) is 0 Å². The van der Waals surface area contributed by atoms with Crippen LogP contribution in [0.4, 0.5) is 5.69 Å². The number of halogens is 1. The lowest BCUT2D eigenvalue weighted by Crippen LogP contribution is -2.27. The molecular formula is C14H14ClN3OS. The SMILES string of the molecule is C#CCn1ncc(Cl)c(NC(CC)c2cccs2)c1=O. The minimum absolute atomic E-state index is 0.0434. The molecule has 0 aromatic carbocycles. The molecule has 0 bridgehead atoms. The Hall–Kier alpha value is -1.77. The molecule has 0 aliphatic heterocycles. The summed E-state index contributed by atoms with van der Waals surface area (Å²) < 4.78 is 1.22. The van der Waals surface area contributed by atoms with Crippen molar-refractivity contribution >= 4 is 28.6 Å². The Bertz CT molecular complexity index is 673. The van der Waals surface area contributed by atoms with Gasteiger partial charge in [0.25, 0.3) is 5.56 Å². The van der Waals surface area contributed by atoms with E-state index in [0.29, 0.717) is 10.7 Å². The third-order valence-corrected chi connectivity index (χ3v) is 4.12. The molecule has 0 fully saturated rings. The minimum Gasteiger partial charge on any atom is -0.372 e. The van der Waals surface area contributed by atoms with Crippen molar-refractivity contribution in [3.8, 4) is 12.3 Å². The molecule has 20 heavy (non-hydrogen) atoms. The first-order valence-corrected chi connectivity index (χ1v) is 7.42. The van der Waals surface area contributed by atoms with Crippen molar-refractivity contribution in [2.75, 3.05) is 5.32 Å². The van der Waals surface area contributed by atoms with E-state index in [1.807, 2.05) is 24.4 Å². The summed E-state index contributed by atoms with van der Waals surface area (Å²) in [7, 11) is 0. The van der Waals surface area contributed by atoms with Crippen LogP contribution in [-0.4, -0.2) is 9.78 Å². The van der Waals surface area contributed by atoms with Crippen LogP contribution >= 0.6 is 22.9 Å². The molecule has 104 valence electrons. The molecule has 0 radical (unpaired) electrons. The monoisotopic (exact) mass is 307 g/mol. The normalized spacial score (nSPS) is 11.8. The van der Waals surface area contributed by atoms with Crippen LogP contribution in [0.2, 0.25) is 5.02 Å². The van der Waals surface area contributed by atoms with Crippen molar-refractivity contribution in [2.24, 2.45) is 0 Å². The fraction of sp³-hybridized carbons (Fsp3) is 0.286. The van der Waals surface area contributed by atoms with E-state index < -0.39 is 0 Å². The summed E-state index contributed by atoms with van der Waals surface area (Å²) >= 11 is 7.72. The second-order valence-corrected chi connectivity index (χ2v) is 5.54. The number of nitrogens with zero attached hydrogens (tertiary/aromatic N) is 2. The van der Waals surface area contributed by atoms with Gasteiger partial charge in [-0.15, -0.1) is 17.8 Å². The molecule has 4 nitrogen and oxygen atoms in total. The zero-order valence-corrected chi connectivity index (χ0v) is 12.5. The molecule has 1 N–H and O–H groups in total. The minimum atomic E-state index is -0.301. The maximum absolute atomic E-state index is 12.3. The third kappa shape index (κ3) is 3.03. The van der Waals surface area contributed by atoms with Gasteiger partial charge in [-0.05, 0) is 17.9 Å². The summed E-state index contributed by atoms with van der Waals surface area (Å²) in [5.74, 6) is 2.40. The summed E-state index contributed by atoms with van der Waals surface area (Å²) in [6, 6.07) is 4.05. The zero-order valence-electron chi connectivity index (χ0n) is 11.0. The van der Waals surface area contributed by atoms with Crippen LogP contribution in [0, 0.1) is 12.3 Å². The van der Waals surface area contributed by atoms with Crippen molar-refractivity contribution in [2.45, 2.75) is 25.9 Å². The van der Waals surface area contributed by atoms with E-state index in [4.69, 9.17) is 18.0 Å². The van der Waals surface area contributed by atoms with E-state index in [2.05, 4.69) is 16.3 Å². The Morgan fingerprint density at radius 2 is 2.45 bits per heavy atom. The first kappa shape index (κ1) is 14.6. The molecule has 2 heterocycles. The number of hydrogen-bond donors (Lipinski definition) is 1. The highest BCUT2D eigenvalue weighted by atomic mass is 35.5. The Labute approximate surface area is 126 Å². The van der Waals surface area contributed by atoms with Crippen LogP contribution in [0.15, 0.2) is 28.5 Å². The van der Waals surface area contributed by atoms with Gasteiger partial charge in [-0.3, -0.25) is 4.79 Å². The number of thiophene rings is 1. The number of rotatable bonds is 5. The highest BCUT2D eigenvalue weighted by Gasteiger charge is 2.16. The van der Waals surface area contributed by atoms with E-state index in [-0.39, 0.29) is 18.1 Å². The molecule has 0 saturated carbocycles. The molecule has 0 saturated heterocycles. The second-order valence-electron chi connectivity index (χ2n) is 4.16. The van der Waals surface area contributed by atoms with Crippen molar-refractivity contribution in [1.82, 2.24) is 9.78 Å². The van der Waals surface area contributed by atoms with Crippen molar-refractivity contribution < 1.29 is 0 Å². The van der Waals surface area contributed by atoms with Gasteiger partial charge in [-0.1, -0.05) is 30.5 Å². The van der Waals surface area contributed by atoms with Crippen LogP contribution in [0.1, 0.15) is 24.3 Å². The molecular weight excluding hydrogens is 294 g/mol. The second kappa shape index (κ2) is 6.60. The smallest absolute Gasteiger partial charge is 0.292 e. The van der Waals surface area contributed by atoms with Gasteiger partial charge in [0.2, 0.25) is 0 Å². The van der Waals surface area contributed by atoms with Gasteiger partial charge >= 0.3 is 0 Å². The number of aromatic nitrogens is 2. The molecule has 0 aliphatic rings. The predicted molar refractivity (Wildman–Crippen MR) is 83.3 cm³/mol. The summed E-state index contributed by atoms with van der Waals surface area (Å²) in [5.41, 5.74) is 0.0441. The first-order valence-electron chi connectivity index (χ1n) is 6.16. The largest absolute Gasteiger partial charge is 0.372 e. The summed E-state index contributed by atoms with van der Waals surface area (Å²) in [4.78, 5) is 13.4. The van der Waals surface area contributed by atoms with Gasteiger partial charge in [0.1, 0.15) is 12.2 Å². The number of terminal acetylenes is 1. The average Bonchev–Trinajstić information content (AvgIpc) is 2.96. The molecule has 0 spiro atoms. The van der Waals surface area contributed by atoms with Crippen molar-refractivity contribution in [3.63, 3.8) is 0 Å². The molecule has 6 heteroatoms. The highest BCUT2D eigenvalue weighted by Crippen LogP contribution is 2.27. The Kier molecular flexibility index (Phi) is 4.83. The van der Waals surface area contributed by atoms with Gasteiger partial charge in [-0.2, -0.15) is 5.10 Å². The molecule has 2 aromatic rings. The van der Waals surface area contributed by atoms with Crippen LogP contribution in [0.5, 0.6) is 0 Å². The van der Waals surface area contributed by atoms with Gasteiger partial charge < -0.3 is 5.32 Å². The molecule has 1 unspecified atom stereocenters. The average molecular weight is 308 g/mol. The van der Waals surface area contributed by atoms with Gasteiger partial charge in [0.05, 0.1) is 17.3 Å². The fourth-order valence-corrected chi connectivity index (χ4v) is 2.88. The van der Waals surface area contributed by atoms with Gasteiger partial charge in [-0.25, -0.2) is 4.68 Å². The lowest BCUT2D eigenvalue weighted by Gasteiger charge is -2.17. The lowest BCUT2D eigenvalue weighted by molar-refractivity contribution is 0.659. The molecule has 1 atom stereocenters. The Morgan fingerprint density at radius 3 is 3.05 bits per heavy atom. The lowest BCUT2D eigenvalue weighted by atomic mass is 10.2. The van der Waals surface area contributed by atoms with E-state index in [1.54, 1.807) is 11.3 Å². The van der Waals surface area contributed by atoms with E-state index in [0.717, 1.165) is 11.3 Å². The van der Waals surface area contributed by atoms with Crippen LogP contribution in [0.25, 0.3) is 0 Å². The summed E-state index contributed by atoms with van der Waals surface area (Å²) in [6.07, 6.45) is 7.50. The first-order chi connectivity index (χ1) is 9.67. The number of anilines is 1. The van der Waals surface area contributed by atoms with Crippen LogP contribution in [0.3, 0.4) is 0 Å². The maximum Gasteiger partial charge on any atom is 0.292 e. The van der Waals surface area contributed by atoms with E-state index in [9.17, 15) is 4.79 Å². The van der Waals surface area contributed by atoms with Crippen LogP contribution < -0.4 is 10.9 Å². The van der Waals surface area contributed by atoms with Crippen molar-refractivity contribution in [3.05, 3.63) is 44.0 Å². The molecule has 2 aromatic heterocycles. The number of hydrogen-bond acceptors (Lipinski definition) is 4. The maximum atomic E-state index is 12.3. The summed E-state index contributed by atoms with van der Waals surface area (Å²) in [6.45, 7) is 2.17. The standard InChI is InChI=1S/C14H14ClN3OS/c1-3-7-18-14(19)13(10(15)9-16-18)17-11(4-2)12-6-5-8-20-12/h1,5-6,8-9,11,17H,4,7H2,2H3. The third-order valence-electron chi connectivity index (χ3n) is 2.85. The number of nitrogens with one attached hydrogen (secondary N) is 1. The fourth-order valence-electron chi connectivity index (χ4n) is 1.84. The Balaban J connectivity index is 2.35. The van der Waals surface area contributed by atoms with E-state index >= 15 is 0 Å². The quantitative estimate of drug-likeness (QED) is 0.863. The summed E-state index contributed by atoms with van der Waals surface area (Å²) in [5, 5.41) is 9.43.